The molecule has 0 unspecified atom stereocenters. The van der Waals surface area contributed by atoms with Crippen LogP contribution < -0.4 is 4.74 Å². The first-order valence-corrected chi connectivity index (χ1v) is 6.92. The van der Waals surface area contributed by atoms with E-state index < -0.39 is 0 Å². The predicted molar refractivity (Wildman–Crippen MR) is 84.8 cm³/mol. The van der Waals surface area contributed by atoms with Crippen molar-refractivity contribution < 1.29 is 9.53 Å². The molecule has 3 aromatic rings. The summed E-state index contributed by atoms with van der Waals surface area (Å²) in [6, 6.07) is 19.3. The maximum atomic E-state index is 12.4. The highest BCUT2D eigenvalue weighted by Crippen LogP contribution is 2.26. The Hall–Kier alpha value is -2.61. The molecule has 0 fully saturated rings. The van der Waals surface area contributed by atoms with Crippen molar-refractivity contribution in [2.45, 2.75) is 13.8 Å². The Morgan fingerprint density at radius 2 is 1.67 bits per heavy atom. The second kappa shape index (κ2) is 5.41. The Labute approximate surface area is 124 Å². The highest BCUT2D eigenvalue weighted by Gasteiger charge is 2.13. The van der Waals surface area contributed by atoms with Crippen LogP contribution in [0.1, 0.15) is 21.5 Å². The van der Waals surface area contributed by atoms with Crippen LogP contribution in [0, 0.1) is 13.8 Å². The summed E-state index contributed by atoms with van der Waals surface area (Å²) in [6.07, 6.45) is 0. The van der Waals surface area contributed by atoms with E-state index in [9.17, 15) is 4.79 Å². The van der Waals surface area contributed by atoms with E-state index in [1.807, 2.05) is 74.5 Å². The van der Waals surface area contributed by atoms with Gasteiger partial charge in [0.25, 0.3) is 0 Å². The molecule has 21 heavy (non-hydrogen) atoms. The Morgan fingerprint density at radius 3 is 2.48 bits per heavy atom. The first-order valence-electron chi connectivity index (χ1n) is 6.92. The van der Waals surface area contributed by atoms with Gasteiger partial charge in [-0.15, -0.1) is 0 Å². The molecule has 0 spiro atoms. The van der Waals surface area contributed by atoms with Gasteiger partial charge in [-0.1, -0.05) is 54.1 Å². The topological polar surface area (TPSA) is 26.3 Å². The Morgan fingerprint density at radius 1 is 0.905 bits per heavy atom. The summed E-state index contributed by atoms with van der Waals surface area (Å²) in [5.74, 6) is 0.280. The van der Waals surface area contributed by atoms with E-state index >= 15 is 0 Å². The van der Waals surface area contributed by atoms with Gasteiger partial charge in [-0.25, -0.2) is 4.79 Å². The van der Waals surface area contributed by atoms with Crippen molar-refractivity contribution >= 4 is 16.7 Å². The van der Waals surface area contributed by atoms with E-state index in [0.717, 1.165) is 21.9 Å². The van der Waals surface area contributed by atoms with Crippen molar-refractivity contribution in [3.05, 3.63) is 77.4 Å². The molecule has 2 nitrogen and oxygen atoms in total. The number of hydrogen-bond donors (Lipinski definition) is 0. The van der Waals surface area contributed by atoms with Gasteiger partial charge in [0.2, 0.25) is 0 Å². The van der Waals surface area contributed by atoms with Crippen LogP contribution in [0.15, 0.2) is 60.7 Å². The molecule has 0 atom stereocenters. The third kappa shape index (κ3) is 2.65. The quantitative estimate of drug-likeness (QED) is 0.502. The standard InChI is InChI=1S/C19H16O2/c1-13-10-11-16(14(2)12-13)19(20)21-18-9-5-7-15-6-3-4-8-17(15)18/h3-12H,1-2H3. The zero-order valence-corrected chi connectivity index (χ0v) is 12.1. The van der Waals surface area contributed by atoms with Crippen LogP contribution in [0.3, 0.4) is 0 Å². The van der Waals surface area contributed by atoms with E-state index in [1.54, 1.807) is 0 Å². The van der Waals surface area contributed by atoms with Gasteiger partial charge in [0.1, 0.15) is 5.75 Å². The monoisotopic (exact) mass is 276 g/mol. The normalized spacial score (nSPS) is 10.6. The van der Waals surface area contributed by atoms with Gasteiger partial charge in [-0.2, -0.15) is 0 Å². The Kier molecular flexibility index (Phi) is 3.44. The molecule has 0 heterocycles. The average Bonchev–Trinajstić information content (AvgIpc) is 2.47. The van der Waals surface area contributed by atoms with Crippen LogP contribution in [-0.4, -0.2) is 5.97 Å². The van der Waals surface area contributed by atoms with Gasteiger partial charge >= 0.3 is 5.97 Å². The molecule has 0 aliphatic carbocycles. The average molecular weight is 276 g/mol. The zero-order chi connectivity index (χ0) is 14.8. The van der Waals surface area contributed by atoms with Crippen molar-refractivity contribution in [2.75, 3.05) is 0 Å². The second-order valence-corrected chi connectivity index (χ2v) is 5.19. The highest BCUT2D eigenvalue weighted by atomic mass is 16.5. The van der Waals surface area contributed by atoms with Crippen LogP contribution in [0.2, 0.25) is 0 Å². The summed E-state index contributed by atoms with van der Waals surface area (Å²) in [5.41, 5.74) is 2.67. The molecular formula is C19H16O2. The minimum atomic E-state index is -0.316. The molecule has 0 aliphatic rings. The zero-order valence-electron chi connectivity index (χ0n) is 12.1. The van der Waals surface area contributed by atoms with Gasteiger partial charge in [0.05, 0.1) is 5.56 Å². The summed E-state index contributed by atoms with van der Waals surface area (Å²) in [5, 5.41) is 2.00. The van der Waals surface area contributed by atoms with Crippen LogP contribution >= 0.6 is 0 Å². The maximum Gasteiger partial charge on any atom is 0.343 e. The molecule has 104 valence electrons. The lowest BCUT2D eigenvalue weighted by Gasteiger charge is -2.09. The fraction of sp³-hybridized carbons (Fsp3) is 0.105. The van der Waals surface area contributed by atoms with E-state index in [2.05, 4.69) is 0 Å². The van der Waals surface area contributed by atoms with Gasteiger partial charge < -0.3 is 4.74 Å². The predicted octanol–water partition coefficient (Wildman–Crippen LogP) is 4.68. The van der Waals surface area contributed by atoms with Crippen molar-refractivity contribution in [1.82, 2.24) is 0 Å². The lowest BCUT2D eigenvalue weighted by molar-refractivity contribution is 0.0736. The third-order valence-electron chi connectivity index (χ3n) is 3.55. The number of hydrogen-bond acceptors (Lipinski definition) is 2. The van der Waals surface area contributed by atoms with E-state index in [-0.39, 0.29) is 5.97 Å². The van der Waals surface area contributed by atoms with Gasteiger partial charge in [-0.3, -0.25) is 0 Å². The smallest absolute Gasteiger partial charge is 0.343 e. The number of carbonyl (C=O) groups is 1. The van der Waals surface area contributed by atoms with E-state index in [1.165, 1.54) is 0 Å². The Bertz CT molecular complexity index is 813. The minimum absolute atomic E-state index is 0.316. The van der Waals surface area contributed by atoms with Crippen LogP contribution in [0.5, 0.6) is 5.75 Å². The SMILES string of the molecule is Cc1ccc(C(=O)Oc2cccc3ccccc23)c(C)c1. The molecule has 3 aromatic carbocycles. The highest BCUT2D eigenvalue weighted by molar-refractivity contribution is 5.96. The summed E-state index contributed by atoms with van der Waals surface area (Å²) in [6.45, 7) is 3.93. The summed E-state index contributed by atoms with van der Waals surface area (Å²) in [7, 11) is 0. The number of esters is 1. The van der Waals surface area contributed by atoms with Gasteiger partial charge in [0, 0.05) is 5.39 Å². The van der Waals surface area contributed by atoms with Gasteiger partial charge in [0.15, 0.2) is 0 Å². The molecular weight excluding hydrogens is 260 g/mol. The number of ether oxygens (including phenoxy) is 1. The van der Waals surface area contributed by atoms with Crippen molar-refractivity contribution in [2.24, 2.45) is 0 Å². The second-order valence-electron chi connectivity index (χ2n) is 5.19. The third-order valence-corrected chi connectivity index (χ3v) is 3.55. The lowest BCUT2D eigenvalue weighted by Crippen LogP contribution is -2.10. The first kappa shape index (κ1) is 13.4. The molecule has 0 aliphatic heterocycles. The van der Waals surface area contributed by atoms with Crippen molar-refractivity contribution in [3.8, 4) is 5.75 Å². The molecule has 0 saturated heterocycles. The first-order chi connectivity index (χ1) is 10.1. The molecule has 0 bridgehead atoms. The number of rotatable bonds is 2. The maximum absolute atomic E-state index is 12.4. The number of fused-ring (bicyclic) bond motifs is 1. The summed E-state index contributed by atoms with van der Waals surface area (Å²) < 4.78 is 5.60. The fourth-order valence-corrected chi connectivity index (χ4v) is 2.48. The largest absolute Gasteiger partial charge is 0.422 e. The lowest BCUT2D eigenvalue weighted by atomic mass is 10.1. The minimum Gasteiger partial charge on any atom is -0.422 e. The number of aryl methyl sites for hydroxylation is 2. The number of carbonyl (C=O) groups excluding carboxylic acids is 1. The fourth-order valence-electron chi connectivity index (χ4n) is 2.48. The Balaban J connectivity index is 1.97. The van der Waals surface area contributed by atoms with Crippen LogP contribution in [0.4, 0.5) is 0 Å². The molecule has 0 saturated carbocycles. The molecule has 0 amide bonds. The molecule has 3 rings (SSSR count). The van der Waals surface area contributed by atoms with Gasteiger partial charge in [-0.05, 0) is 36.9 Å². The van der Waals surface area contributed by atoms with E-state index in [0.29, 0.717) is 11.3 Å². The molecule has 0 N–H and O–H groups in total. The van der Waals surface area contributed by atoms with Crippen molar-refractivity contribution in [1.29, 1.82) is 0 Å². The van der Waals surface area contributed by atoms with E-state index in [4.69, 9.17) is 4.74 Å². The van der Waals surface area contributed by atoms with Crippen LogP contribution in [0.25, 0.3) is 10.8 Å². The summed E-state index contributed by atoms with van der Waals surface area (Å²) >= 11 is 0. The van der Waals surface area contributed by atoms with Crippen molar-refractivity contribution in [3.63, 3.8) is 0 Å². The number of benzene rings is 3. The summed E-state index contributed by atoms with van der Waals surface area (Å²) in [4.78, 5) is 12.4. The van der Waals surface area contributed by atoms with Crippen LogP contribution in [-0.2, 0) is 0 Å². The molecule has 0 aromatic heterocycles. The molecule has 2 heteroatoms. The molecule has 0 radical (unpaired) electrons.